The second-order valence-corrected chi connectivity index (χ2v) is 5.51. The number of ketones is 1. The maximum Gasteiger partial charge on any atom is 0.193 e. The fraction of sp³-hybridized carbons (Fsp3) is 0.188. The summed E-state index contributed by atoms with van der Waals surface area (Å²) in [6.45, 7) is 1.15. The van der Waals surface area contributed by atoms with Crippen molar-refractivity contribution in [1.82, 2.24) is 0 Å². The van der Waals surface area contributed by atoms with Crippen LogP contribution in [0.1, 0.15) is 27.8 Å². The van der Waals surface area contributed by atoms with Crippen molar-refractivity contribution < 1.29 is 18.7 Å². The van der Waals surface area contributed by atoms with Gasteiger partial charge in [0, 0.05) is 16.7 Å². The highest BCUT2D eigenvalue weighted by Gasteiger charge is 2.19. The van der Waals surface area contributed by atoms with Gasteiger partial charge in [0.25, 0.3) is 0 Å². The molecule has 1 aliphatic heterocycles. The van der Waals surface area contributed by atoms with Gasteiger partial charge in [0.05, 0.1) is 17.7 Å². The van der Waals surface area contributed by atoms with Crippen molar-refractivity contribution in [2.24, 2.45) is 0 Å². The average Bonchev–Trinajstić information content (AvgIpc) is 3.04. The molecule has 108 valence electrons. The van der Waals surface area contributed by atoms with Gasteiger partial charge in [-0.2, -0.15) is 0 Å². The van der Waals surface area contributed by atoms with E-state index in [4.69, 9.17) is 9.47 Å². The fourth-order valence-electron chi connectivity index (χ4n) is 2.15. The number of benzene rings is 2. The van der Waals surface area contributed by atoms with Gasteiger partial charge >= 0.3 is 0 Å². The van der Waals surface area contributed by atoms with Gasteiger partial charge in [-0.25, -0.2) is 4.39 Å². The first kappa shape index (κ1) is 14.4. The van der Waals surface area contributed by atoms with Crippen molar-refractivity contribution >= 4 is 21.7 Å². The van der Waals surface area contributed by atoms with Crippen LogP contribution in [0.25, 0.3) is 0 Å². The standard InChI is InChI=1S/C16H12BrFO3/c17-13-6-5-12(9-14(13)18)15(19)10-1-3-11(4-2-10)16-20-7-8-21-16/h1-6,9,16H,7-8H2. The van der Waals surface area contributed by atoms with E-state index in [1.807, 2.05) is 0 Å². The van der Waals surface area contributed by atoms with Gasteiger partial charge in [0.15, 0.2) is 12.1 Å². The lowest BCUT2D eigenvalue weighted by atomic mass is 10.0. The van der Waals surface area contributed by atoms with Crippen molar-refractivity contribution in [2.75, 3.05) is 13.2 Å². The lowest BCUT2D eigenvalue weighted by Gasteiger charge is -2.09. The molecule has 0 N–H and O–H groups in total. The molecule has 0 radical (unpaired) electrons. The van der Waals surface area contributed by atoms with Gasteiger partial charge in [-0.05, 0) is 34.1 Å². The summed E-state index contributed by atoms with van der Waals surface area (Å²) in [5.41, 5.74) is 1.68. The predicted octanol–water partition coefficient (Wildman–Crippen LogP) is 3.86. The molecule has 1 aliphatic rings. The van der Waals surface area contributed by atoms with E-state index in [0.29, 0.717) is 28.8 Å². The Morgan fingerprint density at radius 3 is 2.29 bits per heavy atom. The van der Waals surface area contributed by atoms with Crippen LogP contribution in [-0.4, -0.2) is 19.0 Å². The summed E-state index contributed by atoms with van der Waals surface area (Å²) < 4.78 is 24.6. The van der Waals surface area contributed by atoms with E-state index in [-0.39, 0.29) is 12.1 Å². The minimum atomic E-state index is -0.453. The smallest absolute Gasteiger partial charge is 0.193 e. The molecule has 3 nitrogen and oxygen atoms in total. The minimum Gasteiger partial charge on any atom is -0.346 e. The molecule has 2 aromatic rings. The average molecular weight is 351 g/mol. The zero-order valence-corrected chi connectivity index (χ0v) is 12.6. The summed E-state index contributed by atoms with van der Waals surface area (Å²) in [7, 11) is 0. The van der Waals surface area contributed by atoms with E-state index in [0.717, 1.165) is 5.56 Å². The summed E-state index contributed by atoms with van der Waals surface area (Å²) in [4.78, 5) is 12.3. The van der Waals surface area contributed by atoms with E-state index in [9.17, 15) is 9.18 Å². The van der Waals surface area contributed by atoms with Crippen molar-refractivity contribution in [3.63, 3.8) is 0 Å². The molecule has 1 heterocycles. The Labute approximate surface area is 129 Å². The highest BCUT2D eigenvalue weighted by Crippen LogP contribution is 2.24. The summed E-state index contributed by atoms with van der Waals surface area (Å²) in [5.74, 6) is -0.675. The Balaban J connectivity index is 1.82. The first-order chi connectivity index (χ1) is 10.1. The Bertz CT molecular complexity index is 664. The predicted molar refractivity (Wildman–Crippen MR) is 78.6 cm³/mol. The third-order valence-electron chi connectivity index (χ3n) is 3.25. The summed E-state index contributed by atoms with van der Waals surface area (Å²) in [6, 6.07) is 11.3. The van der Waals surface area contributed by atoms with Gasteiger partial charge < -0.3 is 9.47 Å². The van der Waals surface area contributed by atoms with Gasteiger partial charge in [-0.15, -0.1) is 0 Å². The van der Waals surface area contributed by atoms with Crippen molar-refractivity contribution in [3.8, 4) is 0 Å². The minimum absolute atomic E-state index is 0.221. The zero-order valence-electron chi connectivity index (χ0n) is 11.0. The monoisotopic (exact) mass is 350 g/mol. The zero-order chi connectivity index (χ0) is 14.8. The van der Waals surface area contributed by atoms with Crippen LogP contribution in [0.4, 0.5) is 4.39 Å². The van der Waals surface area contributed by atoms with Crippen molar-refractivity contribution in [2.45, 2.75) is 6.29 Å². The van der Waals surface area contributed by atoms with E-state index in [2.05, 4.69) is 15.9 Å². The summed E-state index contributed by atoms with van der Waals surface area (Å²) in [6.07, 6.45) is -0.362. The molecule has 0 aromatic heterocycles. The van der Waals surface area contributed by atoms with Crippen LogP contribution in [0.15, 0.2) is 46.9 Å². The van der Waals surface area contributed by atoms with Gasteiger partial charge in [-0.1, -0.05) is 24.3 Å². The van der Waals surface area contributed by atoms with E-state index < -0.39 is 5.82 Å². The number of hydrogen-bond acceptors (Lipinski definition) is 3. The fourth-order valence-corrected chi connectivity index (χ4v) is 2.39. The molecule has 0 bridgehead atoms. The van der Waals surface area contributed by atoms with Crippen LogP contribution < -0.4 is 0 Å². The molecule has 1 saturated heterocycles. The second-order valence-electron chi connectivity index (χ2n) is 4.65. The molecule has 21 heavy (non-hydrogen) atoms. The van der Waals surface area contributed by atoms with Gasteiger partial charge in [0.2, 0.25) is 0 Å². The summed E-state index contributed by atoms with van der Waals surface area (Å²) in [5, 5.41) is 0. The van der Waals surface area contributed by atoms with Crippen LogP contribution in [0, 0.1) is 5.82 Å². The number of rotatable bonds is 3. The van der Waals surface area contributed by atoms with E-state index in [1.165, 1.54) is 12.1 Å². The molecular formula is C16H12BrFO3. The molecule has 5 heteroatoms. The number of hydrogen-bond donors (Lipinski definition) is 0. The van der Waals surface area contributed by atoms with Crippen LogP contribution >= 0.6 is 15.9 Å². The molecule has 0 aliphatic carbocycles. The lowest BCUT2D eigenvalue weighted by Crippen LogP contribution is -2.03. The lowest BCUT2D eigenvalue weighted by molar-refractivity contribution is -0.0441. The maximum atomic E-state index is 13.5. The normalized spacial score (nSPS) is 15.3. The molecule has 3 rings (SSSR count). The molecule has 0 atom stereocenters. The number of ether oxygens (including phenoxy) is 2. The molecule has 1 fully saturated rings. The topological polar surface area (TPSA) is 35.5 Å². The van der Waals surface area contributed by atoms with Crippen LogP contribution in [0.3, 0.4) is 0 Å². The number of halogens is 2. The number of carbonyl (C=O) groups excluding carboxylic acids is 1. The molecule has 2 aromatic carbocycles. The van der Waals surface area contributed by atoms with Crippen LogP contribution in [0.2, 0.25) is 0 Å². The van der Waals surface area contributed by atoms with Crippen molar-refractivity contribution in [1.29, 1.82) is 0 Å². The molecule has 0 unspecified atom stereocenters. The largest absolute Gasteiger partial charge is 0.346 e. The Morgan fingerprint density at radius 1 is 1.05 bits per heavy atom. The number of carbonyl (C=O) groups is 1. The quantitative estimate of drug-likeness (QED) is 0.788. The summed E-state index contributed by atoms with van der Waals surface area (Å²) >= 11 is 3.07. The highest BCUT2D eigenvalue weighted by molar-refractivity contribution is 9.10. The molecule has 0 spiro atoms. The van der Waals surface area contributed by atoms with Crippen LogP contribution in [0.5, 0.6) is 0 Å². The second kappa shape index (κ2) is 6.05. The third kappa shape index (κ3) is 3.05. The first-order valence-corrected chi connectivity index (χ1v) is 7.27. The van der Waals surface area contributed by atoms with Gasteiger partial charge in [0.1, 0.15) is 5.82 Å². The Kier molecular flexibility index (Phi) is 4.14. The highest BCUT2D eigenvalue weighted by atomic mass is 79.9. The maximum absolute atomic E-state index is 13.5. The van der Waals surface area contributed by atoms with Crippen LogP contribution in [-0.2, 0) is 9.47 Å². The van der Waals surface area contributed by atoms with E-state index >= 15 is 0 Å². The molecule has 0 amide bonds. The Morgan fingerprint density at radius 2 is 1.67 bits per heavy atom. The SMILES string of the molecule is O=C(c1ccc(C2OCCO2)cc1)c1ccc(Br)c(F)c1. The molecule has 0 saturated carbocycles. The molecular weight excluding hydrogens is 339 g/mol. The Hall–Kier alpha value is -1.56. The van der Waals surface area contributed by atoms with E-state index in [1.54, 1.807) is 30.3 Å². The third-order valence-corrected chi connectivity index (χ3v) is 3.89. The van der Waals surface area contributed by atoms with Gasteiger partial charge in [-0.3, -0.25) is 4.79 Å². The first-order valence-electron chi connectivity index (χ1n) is 6.48. The van der Waals surface area contributed by atoms with Crippen molar-refractivity contribution in [3.05, 3.63) is 69.4 Å².